The summed E-state index contributed by atoms with van der Waals surface area (Å²) in [7, 11) is 2.13. The van der Waals surface area contributed by atoms with Crippen LogP contribution in [0.5, 0.6) is 0 Å². The highest BCUT2D eigenvalue weighted by atomic mass is 15.3. The van der Waals surface area contributed by atoms with Crippen molar-refractivity contribution in [2.75, 3.05) is 26.7 Å². The predicted octanol–water partition coefficient (Wildman–Crippen LogP) is 2.25. The summed E-state index contributed by atoms with van der Waals surface area (Å²) in [6.07, 6.45) is 6.19. The predicted molar refractivity (Wildman–Crippen MR) is 81.0 cm³/mol. The van der Waals surface area contributed by atoms with Gasteiger partial charge in [-0.05, 0) is 31.4 Å². The van der Waals surface area contributed by atoms with Crippen LogP contribution < -0.4 is 5.32 Å². The average molecular weight is 264 g/mol. The van der Waals surface area contributed by atoms with Crippen LogP contribution >= 0.6 is 0 Å². The molecule has 108 valence electrons. The number of likely N-dealkylation sites (tertiary alicyclic amines) is 1. The van der Waals surface area contributed by atoms with Crippen molar-refractivity contribution in [3.8, 4) is 0 Å². The van der Waals surface area contributed by atoms with Gasteiger partial charge in [0.2, 0.25) is 0 Å². The number of likely N-dealkylation sites (N-methyl/N-ethyl adjacent to an activating group) is 2. The second-order valence-corrected chi connectivity index (χ2v) is 5.71. The van der Waals surface area contributed by atoms with Gasteiger partial charge in [0.05, 0.1) is 0 Å². The maximum atomic E-state index is 4.86. The Balaban J connectivity index is 2.17. The van der Waals surface area contributed by atoms with E-state index in [1.807, 2.05) is 0 Å². The van der Waals surface area contributed by atoms with Crippen LogP contribution in [0.15, 0.2) is 16.9 Å². The molecular formula is C15H28N4. The number of hydrogen-bond acceptors (Lipinski definition) is 4. The molecule has 0 aromatic carbocycles. The Kier molecular flexibility index (Phi) is 4.86. The molecule has 4 heteroatoms. The molecule has 2 aliphatic rings. The minimum absolute atomic E-state index is 0.282. The number of piperidine rings is 1. The third-order valence-corrected chi connectivity index (χ3v) is 4.09. The van der Waals surface area contributed by atoms with Gasteiger partial charge in [0.25, 0.3) is 0 Å². The van der Waals surface area contributed by atoms with Gasteiger partial charge in [-0.25, -0.2) is 4.99 Å². The van der Waals surface area contributed by atoms with E-state index in [1.165, 1.54) is 24.5 Å². The lowest BCUT2D eigenvalue weighted by atomic mass is 10.0. The highest BCUT2D eigenvalue weighted by Gasteiger charge is 2.25. The van der Waals surface area contributed by atoms with E-state index in [0.29, 0.717) is 0 Å². The molecule has 2 unspecified atom stereocenters. The van der Waals surface area contributed by atoms with Gasteiger partial charge in [-0.15, -0.1) is 0 Å². The first kappa shape index (κ1) is 14.4. The number of rotatable bonds is 4. The second kappa shape index (κ2) is 6.42. The van der Waals surface area contributed by atoms with Crippen LogP contribution in [-0.4, -0.2) is 48.5 Å². The summed E-state index contributed by atoms with van der Waals surface area (Å²) in [5.41, 5.74) is 0. The number of hydrogen-bond donors (Lipinski definition) is 1. The largest absolute Gasteiger partial charge is 0.356 e. The summed E-state index contributed by atoms with van der Waals surface area (Å²) in [6.45, 7) is 9.95. The van der Waals surface area contributed by atoms with Crippen molar-refractivity contribution in [3.63, 3.8) is 0 Å². The fraction of sp³-hybridized carbons (Fsp3) is 0.800. The van der Waals surface area contributed by atoms with E-state index in [1.54, 1.807) is 0 Å². The average Bonchev–Trinajstić information content (AvgIpc) is 2.41. The maximum absolute atomic E-state index is 4.86. The summed E-state index contributed by atoms with van der Waals surface area (Å²) < 4.78 is 0. The Labute approximate surface area is 117 Å². The minimum Gasteiger partial charge on any atom is -0.356 e. The summed E-state index contributed by atoms with van der Waals surface area (Å²) in [5.74, 6) is 3.14. The molecule has 0 spiro atoms. The Morgan fingerprint density at radius 2 is 2.21 bits per heavy atom. The van der Waals surface area contributed by atoms with Crippen LogP contribution in [0.2, 0.25) is 0 Å². The van der Waals surface area contributed by atoms with Gasteiger partial charge >= 0.3 is 0 Å². The molecule has 2 atom stereocenters. The smallest absolute Gasteiger partial charge is 0.129 e. The summed E-state index contributed by atoms with van der Waals surface area (Å²) in [6, 6.07) is 0. The molecule has 0 amide bonds. The summed E-state index contributed by atoms with van der Waals surface area (Å²) >= 11 is 0. The van der Waals surface area contributed by atoms with Gasteiger partial charge in [-0.1, -0.05) is 20.8 Å². The number of amidine groups is 1. The molecule has 19 heavy (non-hydrogen) atoms. The Bertz CT molecular complexity index is 361. The summed E-state index contributed by atoms with van der Waals surface area (Å²) in [4.78, 5) is 9.57. The van der Waals surface area contributed by atoms with Crippen molar-refractivity contribution >= 4 is 5.84 Å². The number of nitrogens with one attached hydrogen (secondary N) is 1. The minimum atomic E-state index is 0.282. The fourth-order valence-electron chi connectivity index (χ4n) is 2.97. The number of nitrogens with zero attached hydrogens (tertiary/aromatic N) is 3. The molecule has 2 rings (SSSR count). The molecule has 0 radical (unpaired) electrons. The van der Waals surface area contributed by atoms with Crippen molar-refractivity contribution in [1.29, 1.82) is 0 Å². The molecule has 2 heterocycles. The van der Waals surface area contributed by atoms with Gasteiger partial charge in [-0.3, -0.25) is 5.32 Å². The number of aliphatic imine (C=N–C) groups is 1. The first-order valence-corrected chi connectivity index (χ1v) is 7.66. The molecule has 0 aromatic heterocycles. The van der Waals surface area contributed by atoms with Gasteiger partial charge < -0.3 is 9.80 Å². The Morgan fingerprint density at radius 1 is 1.42 bits per heavy atom. The molecule has 1 saturated heterocycles. The first-order valence-electron chi connectivity index (χ1n) is 7.66. The standard InChI is InChI=1S/C15H28N4/c1-5-13-17-15(10-14(16-6-2)18(13)4)19-9-7-8-12(3)11-19/h10,12,14,16H,5-9,11H2,1-4H3. The zero-order valence-corrected chi connectivity index (χ0v) is 12.8. The van der Waals surface area contributed by atoms with Crippen molar-refractivity contribution in [3.05, 3.63) is 11.9 Å². The van der Waals surface area contributed by atoms with E-state index in [4.69, 9.17) is 4.99 Å². The normalized spacial score (nSPS) is 28.2. The van der Waals surface area contributed by atoms with Gasteiger partial charge in [0, 0.05) is 26.6 Å². The van der Waals surface area contributed by atoms with E-state index in [9.17, 15) is 0 Å². The first-order chi connectivity index (χ1) is 9.15. The van der Waals surface area contributed by atoms with Crippen LogP contribution in [0.4, 0.5) is 0 Å². The molecule has 0 saturated carbocycles. The van der Waals surface area contributed by atoms with Crippen molar-refractivity contribution in [1.82, 2.24) is 15.1 Å². The SMILES string of the molecule is CCNC1C=C(N2CCCC(C)C2)N=C(CC)N1C. The van der Waals surface area contributed by atoms with E-state index >= 15 is 0 Å². The van der Waals surface area contributed by atoms with Gasteiger partial charge in [-0.2, -0.15) is 0 Å². The highest BCUT2D eigenvalue weighted by molar-refractivity contribution is 5.84. The van der Waals surface area contributed by atoms with Crippen LogP contribution in [-0.2, 0) is 0 Å². The fourth-order valence-corrected chi connectivity index (χ4v) is 2.97. The van der Waals surface area contributed by atoms with E-state index < -0.39 is 0 Å². The van der Waals surface area contributed by atoms with E-state index in [-0.39, 0.29) is 6.17 Å². The molecule has 4 nitrogen and oxygen atoms in total. The maximum Gasteiger partial charge on any atom is 0.129 e. The van der Waals surface area contributed by atoms with Crippen molar-refractivity contribution in [2.24, 2.45) is 10.9 Å². The van der Waals surface area contributed by atoms with Crippen LogP contribution in [0.25, 0.3) is 0 Å². The lowest BCUT2D eigenvalue weighted by molar-refractivity contribution is 0.219. The van der Waals surface area contributed by atoms with Gasteiger partial charge in [0.15, 0.2) is 0 Å². The molecule has 0 bridgehead atoms. The monoisotopic (exact) mass is 264 g/mol. The molecular weight excluding hydrogens is 236 g/mol. The van der Waals surface area contributed by atoms with Crippen LogP contribution in [0, 0.1) is 5.92 Å². The van der Waals surface area contributed by atoms with Crippen molar-refractivity contribution in [2.45, 2.75) is 46.2 Å². The highest BCUT2D eigenvalue weighted by Crippen LogP contribution is 2.23. The van der Waals surface area contributed by atoms with Gasteiger partial charge in [0.1, 0.15) is 17.8 Å². The van der Waals surface area contributed by atoms with E-state index in [2.05, 4.69) is 49.0 Å². The Hall–Kier alpha value is -1.03. The van der Waals surface area contributed by atoms with E-state index in [0.717, 1.165) is 32.0 Å². The van der Waals surface area contributed by atoms with Crippen molar-refractivity contribution < 1.29 is 0 Å². The third-order valence-electron chi connectivity index (χ3n) is 4.09. The lowest BCUT2D eigenvalue weighted by Gasteiger charge is -2.38. The topological polar surface area (TPSA) is 30.9 Å². The van der Waals surface area contributed by atoms with Crippen LogP contribution in [0.1, 0.15) is 40.0 Å². The zero-order chi connectivity index (χ0) is 13.8. The molecule has 0 aliphatic carbocycles. The molecule has 1 fully saturated rings. The third kappa shape index (κ3) is 3.30. The molecule has 2 aliphatic heterocycles. The molecule has 0 aromatic rings. The lowest BCUT2D eigenvalue weighted by Crippen LogP contribution is -2.48. The quantitative estimate of drug-likeness (QED) is 0.845. The zero-order valence-electron chi connectivity index (χ0n) is 12.8. The summed E-state index contributed by atoms with van der Waals surface area (Å²) in [5, 5.41) is 3.52. The van der Waals surface area contributed by atoms with Crippen LogP contribution in [0.3, 0.4) is 0 Å². The Morgan fingerprint density at radius 3 is 2.84 bits per heavy atom. The molecule has 1 N–H and O–H groups in total. The second-order valence-electron chi connectivity index (χ2n) is 5.71.